The van der Waals surface area contributed by atoms with E-state index in [2.05, 4.69) is 11.8 Å². The van der Waals surface area contributed by atoms with Crippen LogP contribution in [0.4, 0.5) is 0 Å². The number of carbonyl (C=O) groups is 1. The Labute approximate surface area is 125 Å². The van der Waals surface area contributed by atoms with Crippen molar-refractivity contribution in [1.82, 2.24) is 4.90 Å². The molecule has 0 aromatic carbocycles. The van der Waals surface area contributed by atoms with Gasteiger partial charge in [-0.3, -0.25) is 4.79 Å². The summed E-state index contributed by atoms with van der Waals surface area (Å²) in [5.74, 6) is 2.50. The lowest BCUT2D eigenvalue weighted by atomic mass is 9.72. The van der Waals surface area contributed by atoms with Gasteiger partial charge < -0.3 is 15.1 Å². The molecule has 5 heteroatoms. The Morgan fingerprint density at radius 1 is 1.35 bits per heavy atom. The molecule has 0 bridgehead atoms. The zero-order valence-electron chi connectivity index (χ0n) is 12.3. The summed E-state index contributed by atoms with van der Waals surface area (Å²) >= 11 is 1.43. The van der Waals surface area contributed by atoms with Crippen molar-refractivity contribution in [2.75, 3.05) is 24.7 Å². The number of aliphatic hydroxyl groups is 2. The quantitative estimate of drug-likeness (QED) is 0.808. The molecule has 1 amide bonds. The fraction of sp³-hybridized carbons (Fsp3) is 0.933. The van der Waals surface area contributed by atoms with Crippen molar-refractivity contribution >= 4 is 17.7 Å². The van der Waals surface area contributed by atoms with Crippen molar-refractivity contribution in [1.29, 1.82) is 0 Å². The van der Waals surface area contributed by atoms with Gasteiger partial charge in [0.25, 0.3) is 0 Å². The van der Waals surface area contributed by atoms with Gasteiger partial charge in [0.1, 0.15) is 0 Å². The van der Waals surface area contributed by atoms with E-state index in [1.807, 2.05) is 0 Å². The number of thioether (sulfide) groups is 1. The Morgan fingerprint density at radius 3 is 2.85 bits per heavy atom. The summed E-state index contributed by atoms with van der Waals surface area (Å²) in [5, 5.41) is 18.1. The van der Waals surface area contributed by atoms with Gasteiger partial charge in [0.15, 0.2) is 0 Å². The summed E-state index contributed by atoms with van der Waals surface area (Å²) in [6.45, 7) is 2.99. The molecule has 2 N–H and O–H groups in total. The molecule has 4 nitrogen and oxygen atoms in total. The number of likely N-dealkylation sites (tertiary alicyclic amines) is 1. The SMILES string of the molecule is C[C@@H]1CCN(C(=O)CSC[C@H](O)CO)[C@H]2CCCC[C@H]12. The highest BCUT2D eigenvalue weighted by Crippen LogP contribution is 2.38. The summed E-state index contributed by atoms with van der Waals surface area (Å²) in [7, 11) is 0. The third-order valence-corrected chi connectivity index (χ3v) is 5.88. The van der Waals surface area contributed by atoms with Gasteiger partial charge in [-0.2, -0.15) is 0 Å². The van der Waals surface area contributed by atoms with Crippen LogP contribution in [0, 0.1) is 11.8 Å². The minimum absolute atomic E-state index is 0.212. The van der Waals surface area contributed by atoms with Crippen LogP contribution in [0.5, 0.6) is 0 Å². The molecular weight excluding hydrogens is 274 g/mol. The van der Waals surface area contributed by atoms with E-state index < -0.39 is 6.10 Å². The summed E-state index contributed by atoms with van der Waals surface area (Å²) in [6.07, 6.45) is 5.39. The van der Waals surface area contributed by atoms with Crippen LogP contribution in [0.25, 0.3) is 0 Å². The van der Waals surface area contributed by atoms with Crippen LogP contribution >= 0.6 is 11.8 Å². The van der Waals surface area contributed by atoms with Gasteiger partial charge in [0.2, 0.25) is 5.91 Å². The van der Waals surface area contributed by atoms with Gasteiger partial charge in [0, 0.05) is 18.3 Å². The first-order valence-electron chi connectivity index (χ1n) is 7.79. The third kappa shape index (κ3) is 3.89. The molecule has 0 aromatic rings. The Hall–Kier alpha value is -0.260. The molecule has 20 heavy (non-hydrogen) atoms. The Balaban J connectivity index is 1.85. The van der Waals surface area contributed by atoms with Crippen LogP contribution in [-0.2, 0) is 4.79 Å². The van der Waals surface area contributed by atoms with Crippen molar-refractivity contribution in [3.63, 3.8) is 0 Å². The predicted molar refractivity (Wildman–Crippen MR) is 81.7 cm³/mol. The molecule has 0 radical (unpaired) electrons. The lowest BCUT2D eigenvalue weighted by Crippen LogP contribution is -2.52. The summed E-state index contributed by atoms with van der Waals surface area (Å²) in [6, 6.07) is 0.448. The van der Waals surface area contributed by atoms with E-state index >= 15 is 0 Å². The van der Waals surface area contributed by atoms with Crippen LogP contribution in [0.3, 0.4) is 0 Å². The second-order valence-corrected chi connectivity index (χ2v) is 7.25. The van der Waals surface area contributed by atoms with Gasteiger partial charge in [-0.25, -0.2) is 0 Å². The van der Waals surface area contributed by atoms with Gasteiger partial charge in [-0.05, 0) is 31.1 Å². The van der Waals surface area contributed by atoms with Crippen LogP contribution in [0.15, 0.2) is 0 Å². The lowest BCUT2D eigenvalue weighted by Gasteiger charge is -2.47. The average Bonchev–Trinajstić information content (AvgIpc) is 2.47. The van der Waals surface area contributed by atoms with E-state index in [-0.39, 0.29) is 12.5 Å². The maximum absolute atomic E-state index is 12.4. The summed E-state index contributed by atoms with van der Waals surface area (Å²) < 4.78 is 0. The molecule has 1 aliphatic heterocycles. The number of amides is 1. The standard InChI is InChI=1S/C15H27NO3S/c1-11-6-7-16(14-5-3-2-4-13(11)14)15(19)10-20-9-12(18)8-17/h11-14,17-18H,2-10H2,1H3/t11-,12-,13-,14+/m1/s1. The van der Waals surface area contributed by atoms with E-state index in [0.29, 0.717) is 23.5 Å². The number of piperidine rings is 1. The molecule has 4 atom stereocenters. The minimum atomic E-state index is -0.711. The molecule has 1 aliphatic carbocycles. The zero-order valence-corrected chi connectivity index (χ0v) is 13.1. The van der Waals surface area contributed by atoms with Crippen molar-refractivity contribution in [2.45, 2.75) is 51.2 Å². The number of aliphatic hydroxyl groups excluding tert-OH is 2. The second kappa shape index (κ2) is 7.66. The maximum atomic E-state index is 12.4. The van der Waals surface area contributed by atoms with Crippen LogP contribution < -0.4 is 0 Å². The molecule has 1 heterocycles. The average molecular weight is 301 g/mol. The van der Waals surface area contributed by atoms with Gasteiger partial charge in [-0.15, -0.1) is 11.8 Å². The maximum Gasteiger partial charge on any atom is 0.232 e. The van der Waals surface area contributed by atoms with E-state index in [1.165, 1.54) is 31.0 Å². The molecular formula is C15H27NO3S. The fourth-order valence-electron chi connectivity index (χ4n) is 3.64. The molecule has 1 saturated carbocycles. The van der Waals surface area contributed by atoms with Crippen molar-refractivity contribution in [2.24, 2.45) is 11.8 Å². The molecule has 0 unspecified atom stereocenters. The minimum Gasteiger partial charge on any atom is -0.394 e. The van der Waals surface area contributed by atoms with Crippen LogP contribution in [-0.4, -0.2) is 57.8 Å². The number of hydrogen-bond acceptors (Lipinski definition) is 4. The molecule has 2 fully saturated rings. The molecule has 2 aliphatic rings. The first kappa shape index (κ1) is 16.1. The molecule has 1 saturated heterocycles. The predicted octanol–water partition coefficient (Wildman–Crippen LogP) is 1.50. The van der Waals surface area contributed by atoms with Crippen molar-refractivity contribution in [3.05, 3.63) is 0 Å². The topological polar surface area (TPSA) is 60.8 Å². The highest BCUT2D eigenvalue weighted by atomic mass is 32.2. The summed E-state index contributed by atoms with van der Waals surface area (Å²) in [4.78, 5) is 14.5. The molecule has 0 aromatic heterocycles. The van der Waals surface area contributed by atoms with Crippen molar-refractivity contribution < 1.29 is 15.0 Å². The Bertz CT molecular complexity index is 326. The van der Waals surface area contributed by atoms with E-state index in [4.69, 9.17) is 5.11 Å². The summed E-state index contributed by atoms with van der Waals surface area (Å²) in [5.41, 5.74) is 0. The molecule has 2 rings (SSSR count). The third-order valence-electron chi connectivity index (χ3n) is 4.81. The highest BCUT2D eigenvalue weighted by Gasteiger charge is 2.39. The highest BCUT2D eigenvalue weighted by molar-refractivity contribution is 7.99. The van der Waals surface area contributed by atoms with Gasteiger partial charge in [0.05, 0.1) is 18.5 Å². The first-order valence-corrected chi connectivity index (χ1v) is 8.95. The molecule has 116 valence electrons. The van der Waals surface area contributed by atoms with E-state index in [0.717, 1.165) is 25.3 Å². The van der Waals surface area contributed by atoms with Crippen LogP contribution in [0.2, 0.25) is 0 Å². The van der Waals surface area contributed by atoms with Crippen LogP contribution in [0.1, 0.15) is 39.0 Å². The van der Waals surface area contributed by atoms with Crippen molar-refractivity contribution in [3.8, 4) is 0 Å². The van der Waals surface area contributed by atoms with Gasteiger partial charge in [-0.1, -0.05) is 19.8 Å². The zero-order chi connectivity index (χ0) is 14.5. The largest absolute Gasteiger partial charge is 0.394 e. The van der Waals surface area contributed by atoms with E-state index in [9.17, 15) is 9.90 Å². The Morgan fingerprint density at radius 2 is 2.10 bits per heavy atom. The smallest absolute Gasteiger partial charge is 0.232 e. The van der Waals surface area contributed by atoms with Gasteiger partial charge >= 0.3 is 0 Å². The number of nitrogens with zero attached hydrogens (tertiary/aromatic N) is 1. The number of fused-ring (bicyclic) bond motifs is 1. The first-order chi connectivity index (χ1) is 9.63. The second-order valence-electron chi connectivity index (χ2n) is 6.22. The normalized spacial score (nSPS) is 31.8. The Kier molecular flexibility index (Phi) is 6.18. The number of carbonyl (C=O) groups excluding carboxylic acids is 1. The number of rotatable bonds is 5. The lowest BCUT2D eigenvalue weighted by molar-refractivity contribution is -0.136. The number of hydrogen-bond donors (Lipinski definition) is 2. The monoisotopic (exact) mass is 301 g/mol. The molecule has 0 spiro atoms. The fourth-order valence-corrected chi connectivity index (χ4v) is 4.48. The van der Waals surface area contributed by atoms with E-state index in [1.54, 1.807) is 0 Å².